The second-order valence-corrected chi connectivity index (χ2v) is 3.68. The average Bonchev–Trinajstić information content (AvgIpc) is 2.42. The summed E-state index contributed by atoms with van der Waals surface area (Å²) in [4.78, 5) is 16.2. The van der Waals surface area contributed by atoms with Gasteiger partial charge in [-0.1, -0.05) is 0 Å². The molecule has 0 aliphatic carbocycles. The van der Waals surface area contributed by atoms with E-state index in [0.717, 1.165) is 12.3 Å². The number of ether oxygens (including phenoxy) is 1. The first-order valence-corrected chi connectivity index (χ1v) is 5.50. The maximum Gasteiger partial charge on any atom is 0.318 e. The summed E-state index contributed by atoms with van der Waals surface area (Å²) < 4.78 is 31.7. The minimum atomic E-state index is -0.746. The molecule has 1 heterocycles. The van der Waals surface area contributed by atoms with Crippen LogP contribution in [0.2, 0.25) is 0 Å². The quantitative estimate of drug-likeness (QED) is 0.666. The molecule has 0 atom stereocenters. The molecule has 0 unspecified atom stereocenters. The molecule has 0 saturated carbocycles. The van der Waals surface area contributed by atoms with E-state index in [1.54, 1.807) is 0 Å². The summed E-state index contributed by atoms with van der Waals surface area (Å²) in [7, 11) is 1.31. The molecule has 8 heteroatoms. The standard InChI is InChI=1S/C12H11F2N3O3/c1-18-20-8-3-2-7(9(13)4-8)6-19-12-16-5-10(14)11(15)17-12/h2-5H,6H2,1H3,(H2,15,16,17). The number of benzene rings is 1. The van der Waals surface area contributed by atoms with E-state index >= 15 is 0 Å². The van der Waals surface area contributed by atoms with E-state index in [1.165, 1.54) is 19.2 Å². The smallest absolute Gasteiger partial charge is 0.318 e. The number of hydrogen-bond acceptors (Lipinski definition) is 6. The molecule has 0 spiro atoms. The molecule has 2 aromatic rings. The molecular weight excluding hydrogens is 272 g/mol. The van der Waals surface area contributed by atoms with Crippen molar-refractivity contribution in [2.75, 3.05) is 12.8 Å². The number of hydrogen-bond donors (Lipinski definition) is 1. The van der Waals surface area contributed by atoms with E-state index in [-0.39, 0.29) is 29.7 Å². The van der Waals surface area contributed by atoms with Crippen LogP contribution in [0.5, 0.6) is 11.8 Å². The second kappa shape index (κ2) is 6.11. The lowest BCUT2D eigenvalue weighted by atomic mass is 10.2. The molecule has 2 rings (SSSR count). The Bertz CT molecular complexity index is 610. The highest BCUT2D eigenvalue weighted by atomic mass is 19.1. The number of rotatable bonds is 5. The van der Waals surface area contributed by atoms with Crippen LogP contribution >= 0.6 is 0 Å². The van der Waals surface area contributed by atoms with Gasteiger partial charge in [0.15, 0.2) is 17.4 Å². The van der Waals surface area contributed by atoms with Crippen molar-refractivity contribution in [1.29, 1.82) is 0 Å². The van der Waals surface area contributed by atoms with E-state index in [1.807, 2.05) is 0 Å². The van der Waals surface area contributed by atoms with Crippen molar-refractivity contribution < 1.29 is 23.3 Å². The van der Waals surface area contributed by atoms with Crippen molar-refractivity contribution in [3.8, 4) is 11.8 Å². The maximum absolute atomic E-state index is 13.7. The van der Waals surface area contributed by atoms with E-state index in [4.69, 9.17) is 10.5 Å². The van der Waals surface area contributed by atoms with Crippen molar-refractivity contribution in [2.45, 2.75) is 6.61 Å². The fraction of sp³-hybridized carbons (Fsp3) is 0.167. The van der Waals surface area contributed by atoms with Gasteiger partial charge in [0.1, 0.15) is 12.4 Å². The van der Waals surface area contributed by atoms with Crippen LogP contribution in [-0.4, -0.2) is 17.1 Å². The Morgan fingerprint density at radius 3 is 2.70 bits per heavy atom. The molecule has 0 aliphatic heterocycles. The van der Waals surface area contributed by atoms with Crippen molar-refractivity contribution in [3.63, 3.8) is 0 Å². The predicted molar refractivity (Wildman–Crippen MR) is 64.8 cm³/mol. The molecule has 0 aliphatic rings. The van der Waals surface area contributed by atoms with Crippen molar-refractivity contribution >= 4 is 5.82 Å². The van der Waals surface area contributed by atoms with Crippen LogP contribution < -0.4 is 15.4 Å². The number of nitrogens with two attached hydrogens (primary N) is 1. The van der Waals surface area contributed by atoms with E-state index < -0.39 is 11.6 Å². The molecule has 106 valence electrons. The number of anilines is 1. The van der Waals surface area contributed by atoms with Gasteiger partial charge in [-0.2, -0.15) is 9.87 Å². The fourth-order valence-corrected chi connectivity index (χ4v) is 1.37. The Hall–Kier alpha value is -2.48. The largest absolute Gasteiger partial charge is 0.458 e. The monoisotopic (exact) mass is 283 g/mol. The van der Waals surface area contributed by atoms with Gasteiger partial charge in [-0.25, -0.2) is 13.8 Å². The summed E-state index contributed by atoms with van der Waals surface area (Å²) in [6, 6.07) is 3.96. The summed E-state index contributed by atoms with van der Waals surface area (Å²) >= 11 is 0. The van der Waals surface area contributed by atoms with Crippen LogP contribution in [0.1, 0.15) is 5.56 Å². The zero-order valence-electron chi connectivity index (χ0n) is 10.5. The predicted octanol–water partition coefficient (Wildman–Crippen LogP) is 1.86. The SMILES string of the molecule is COOc1ccc(COc2ncc(F)c(N)n2)c(F)c1. The summed E-state index contributed by atoms with van der Waals surface area (Å²) in [6.07, 6.45) is 0.879. The molecule has 20 heavy (non-hydrogen) atoms. The van der Waals surface area contributed by atoms with Gasteiger partial charge in [0.2, 0.25) is 0 Å². The summed E-state index contributed by atoms with van der Waals surface area (Å²) in [5, 5.41) is 0. The van der Waals surface area contributed by atoms with Crippen LogP contribution in [0.3, 0.4) is 0 Å². The lowest BCUT2D eigenvalue weighted by molar-refractivity contribution is -0.178. The minimum absolute atomic E-state index is 0.135. The summed E-state index contributed by atoms with van der Waals surface area (Å²) in [5.74, 6) is -1.41. The Balaban J connectivity index is 2.05. The van der Waals surface area contributed by atoms with Gasteiger partial charge in [-0.15, -0.1) is 0 Å². The lowest BCUT2D eigenvalue weighted by Crippen LogP contribution is -2.04. The Morgan fingerprint density at radius 1 is 1.25 bits per heavy atom. The molecule has 6 nitrogen and oxygen atoms in total. The van der Waals surface area contributed by atoms with Gasteiger partial charge in [-0.3, -0.25) is 0 Å². The van der Waals surface area contributed by atoms with Crippen LogP contribution in [0.25, 0.3) is 0 Å². The molecule has 0 amide bonds. The topological polar surface area (TPSA) is 79.5 Å². The molecule has 0 bridgehead atoms. The Morgan fingerprint density at radius 2 is 2.05 bits per heavy atom. The van der Waals surface area contributed by atoms with Gasteiger partial charge in [0, 0.05) is 11.6 Å². The fourth-order valence-electron chi connectivity index (χ4n) is 1.37. The zero-order valence-corrected chi connectivity index (χ0v) is 10.5. The van der Waals surface area contributed by atoms with Crippen molar-refractivity contribution in [3.05, 3.63) is 41.6 Å². The first-order chi connectivity index (χ1) is 9.60. The summed E-state index contributed by atoms with van der Waals surface area (Å²) in [6.45, 7) is -0.135. The minimum Gasteiger partial charge on any atom is -0.458 e. The van der Waals surface area contributed by atoms with Crippen LogP contribution in [0.4, 0.5) is 14.6 Å². The molecule has 2 N–H and O–H groups in total. The van der Waals surface area contributed by atoms with Crippen molar-refractivity contribution in [2.24, 2.45) is 0 Å². The number of aromatic nitrogens is 2. The van der Waals surface area contributed by atoms with Crippen molar-refractivity contribution in [1.82, 2.24) is 9.97 Å². The average molecular weight is 283 g/mol. The van der Waals surface area contributed by atoms with Gasteiger partial charge < -0.3 is 15.4 Å². The van der Waals surface area contributed by atoms with Gasteiger partial charge in [-0.05, 0) is 12.1 Å². The highest BCUT2D eigenvalue weighted by Gasteiger charge is 2.08. The zero-order chi connectivity index (χ0) is 14.5. The normalized spacial score (nSPS) is 10.3. The molecular formula is C12H11F2N3O3. The molecule has 1 aromatic carbocycles. The first kappa shape index (κ1) is 13.9. The third-order valence-electron chi connectivity index (χ3n) is 2.31. The lowest BCUT2D eigenvalue weighted by Gasteiger charge is -2.07. The molecule has 0 radical (unpaired) electrons. The van der Waals surface area contributed by atoms with Crippen LogP contribution in [0, 0.1) is 11.6 Å². The third-order valence-corrected chi connectivity index (χ3v) is 2.31. The van der Waals surface area contributed by atoms with E-state index in [0.29, 0.717) is 0 Å². The van der Waals surface area contributed by atoms with E-state index in [9.17, 15) is 8.78 Å². The number of nitrogens with zero attached hydrogens (tertiary/aromatic N) is 2. The van der Waals surface area contributed by atoms with Gasteiger partial charge >= 0.3 is 6.01 Å². The second-order valence-electron chi connectivity index (χ2n) is 3.68. The van der Waals surface area contributed by atoms with Gasteiger partial charge in [0.05, 0.1) is 13.3 Å². The number of nitrogen functional groups attached to an aromatic ring is 1. The number of halogens is 2. The maximum atomic E-state index is 13.7. The Kier molecular flexibility index (Phi) is 4.26. The van der Waals surface area contributed by atoms with Crippen LogP contribution in [0.15, 0.2) is 24.4 Å². The molecule has 0 fully saturated rings. The first-order valence-electron chi connectivity index (χ1n) is 5.50. The highest BCUT2D eigenvalue weighted by molar-refractivity contribution is 5.30. The highest BCUT2D eigenvalue weighted by Crippen LogP contribution is 2.18. The Labute approximate surface area is 113 Å². The van der Waals surface area contributed by atoms with Gasteiger partial charge in [0.25, 0.3) is 0 Å². The molecule has 0 saturated heterocycles. The molecule has 1 aromatic heterocycles. The summed E-state index contributed by atoms with van der Waals surface area (Å²) in [5.41, 5.74) is 5.51. The van der Waals surface area contributed by atoms with E-state index in [2.05, 4.69) is 19.7 Å². The van der Waals surface area contributed by atoms with Crippen LogP contribution in [-0.2, 0) is 11.5 Å². The third kappa shape index (κ3) is 3.29.